The molecular weight excluding hydrogens is 564 g/mol. The first kappa shape index (κ1) is 27.7. The molecule has 0 aliphatic carbocycles. The molecule has 0 fully saturated rings. The van der Waals surface area contributed by atoms with Crippen LogP contribution >= 0.6 is 11.3 Å². The van der Waals surface area contributed by atoms with Crippen molar-refractivity contribution in [3.05, 3.63) is 87.4 Å². The Kier molecular flexibility index (Phi) is 7.62. The van der Waals surface area contributed by atoms with Gasteiger partial charge in [-0.25, -0.2) is 13.8 Å². The molecule has 4 aromatic rings. The van der Waals surface area contributed by atoms with Gasteiger partial charge in [0.1, 0.15) is 11.4 Å². The van der Waals surface area contributed by atoms with E-state index in [1.807, 2.05) is 6.07 Å². The fraction of sp³-hybridized carbons (Fsp3) is 0.185. The van der Waals surface area contributed by atoms with Gasteiger partial charge in [0.05, 0.1) is 40.9 Å². The van der Waals surface area contributed by atoms with Crippen LogP contribution in [0.15, 0.2) is 48.8 Å². The number of aryl methyl sites for hydroxylation is 1. The lowest BCUT2D eigenvalue weighted by Crippen LogP contribution is -2.26. The Morgan fingerprint density at radius 3 is 2.54 bits per heavy atom. The Balaban J connectivity index is 1.35. The summed E-state index contributed by atoms with van der Waals surface area (Å²) in [4.78, 5) is 40.7. The highest BCUT2D eigenvalue weighted by Crippen LogP contribution is 2.36. The number of nitriles is 1. The number of hydrogen-bond acceptors (Lipinski definition) is 8. The summed E-state index contributed by atoms with van der Waals surface area (Å²) in [6.07, 6.45) is -0.437. The number of fused-ring (bicyclic) bond motifs is 1. The number of anilines is 1. The fourth-order valence-electron chi connectivity index (χ4n) is 4.20. The summed E-state index contributed by atoms with van der Waals surface area (Å²) < 4.78 is 56.3. The van der Waals surface area contributed by atoms with E-state index in [0.717, 1.165) is 28.5 Å². The summed E-state index contributed by atoms with van der Waals surface area (Å²) in [7, 11) is 0. The molecule has 0 spiro atoms. The van der Waals surface area contributed by atoms with E-state index in [2.05, 4.69) is 25.0 Å². The first-order valence-corrected chi connectivity index (χ1v) is 12.7. The summed E-state index contributed by atoms with van der Waals surface area (Å²) in [5.74, 6) is -1.28. The van der Waals surface area contributed by atoms with E-state index in [0.29, 0.717) is 11.4 Å². The number of carbonyl (C=O) groups is 2. The smallest absolute Gasteiger partial charge is 0.387 e. The molecule has 1 aliphatic rings. The van der Waals surface area contributed by atoms with Crippen molar-refractivity contribution in [3.63, 3.8) is 0 Å². The molecule has 0 saturated carbocycles. The normalized spacial score (nSPS) is 12.4. The SMILES string of the molecule is Cc1cc(-c2cc(C#N)ccc2OC(F)F)c(C(=O)Nc2nc3c(s2)CN(C(=O)c2ccc(C(F)F)cn2)C3)cn1. The molecule has 1 aliphatic heterocycles. The van der Waals surface area contributed by atoms with Gasteiger partial charge in [0.15, 0.2) is 5.13 Å². The van der Waals surface area contributed by atoms with Crippen LogP contribution in [0.5, 0.6) is 5.75 Å². The van der Waals surface area contributed by atoms with Crippen molar-refractivity contribution in [2.75, 3.05) is 5.32 Å². The van der Waals surface area contributed by atoms with Crippen molar-refractivity contribution in [1.29, 1.82) is 5.26 Å². The molecule has 14 heteroatoms. The van der Waals surface area contributed by atoms with Gasteiger partial charge in [-0.2, -0.15) is 14.0 Å². The van der Waals surface area contributed by atoms with Gasteiger partial charge in [0.25, 0.3) is 18.2 Å². The number of pyridine rings is 2. The standard InChI is InChI=1S/C27H18F4N6O3S/c1-13-6-16(17-7-14(8-32)2-5-21(17)40-26(30)31)18(10-33-13)24(38)36-27-35-20-11-37(12-22(20)41-27)25(39)19-4-3-15(9-34-19)23(28)29/h2-7,9-10,23,26H,11-12H2,1H3,(H,35,36,38). The number of aromatic nitrogens is 3. The number of nitrogens with one attached hydrogen (secondary N) is 1. The third kappa shape index (κ3) is 5.85. The number of benzene rings is 1. The number of amides is 2. The molecule has 9 nitrogen and oxygen atoms in total. The van der Waals surface area contributed by atoms with Crippen molar-refractivity contribution in [1.82, 2.24) is 19.9 Å². The number of thiazole rings is 1. The molecule has 41 heavy (non-hydrogen) atoms. The summed E-state index contributed by atoms with van der Waals surface area (Å²) in [5, 5.41) is 12.3. The predicted octanol–water partition coefficient (Wildman–Crippen LogP) is 5.73. The molecule has 5 rings (SSSR count). The molecule has 1 N–H and O–H groups in total. The molecule has 208 valence electrons. The Morgan fingerprint density at radius 1 is 1.07 bits per heavy atom. The molecule has 2 amide bonds. The minimum atomic E-state index is -3.13. The first-order chi connectivity index (χ1) is 19.6. The Morgan fingerprint density at radius 2 is 1.88 bits per heavy atom. The lowest BCUT2D eigenvalue weighted by molar-refractivity contribution is -0.0494. The van der Waals surface area contributed by atoms with Crippen molar-refractivity contribution in [3.8, 4) is 22.9 Å². The lowest BCUT2D eigenvalue weighted by atomic mass is 9.97. The summed E-state index contributed by atoms with van der Waals surface area (Å²) in [6.45, 7) is -1.15. The van der Waals surface area contributed by atoms with Crippen LogP contribution in [-0.2, 0) is 13.1 Å². The quantitative estimate of drug-likeness (QED) is 0.276. The van der Waals surface area contributed by atoms with Crippen LogP contribution in [0.25, 0.3) is 11.1 Å². The Bertz CT molecular complexity index is 1660. The maximum Gasteiger partial charge on any atom is 0.387 e. The van der Waals surface area contributed by atoms with Gasteiger partial charge in [-0.05, 0) is 43.3 Å². The maximum absolute atomic E-state index is 13.3. The minimum Gasteiger partial charge on any atom is -0.434 e. The second-order valence-electron chi connectivity index (χ2n) is 8.85. The van der Waals surface area contributed by atoms with Crippen LogP contribution in [-0.4, -0.2) is 38.3 Å². The number of halogens is 4. The molecule has 1 aromatic carbocycles. The van der Waals surface area contributed by atoms with Crippen molar-refractivity contribution >= 4 is 28.3 Å². The second-order valence-corrected chi connectivity index (χ2v) is 9.94. The number of carbonyl (C=O) groups excluding carboxylic acids is 2. The Hall–Kier alpha value is -4.90. The van der Waals surface area contributed by atoms with Crippen LogP contribution in [0.2, 0.25) is 0 Å². The summed E-state index contributed by atoms with van der Waals surface area (Å²) in [5.41, 5.74) is 1.35. The highest BCUT2D eigenvalue weighted by atomic mass is 32.1. The summed E-state index contributed by atoms with van der Waals surface area (Å²) in [6, 6.07) is 9.77. The zero-order valence-corrected chi connectivity index (χ0v) is 21.9. The fourth-order valence-corrected chi connectivity index (χ4v) is 5.18. The van der Waals surface area contributed by atoms with Gasteiger partial charge in [0.2, 0.25) is 0 Å². The zero-order valence-electron chi connectivity index (χ0n) is 21.1. The van der Waals surface area contributed by atoms with Crippen LogP contribution in [0.1, 0.15) is 54.7 Å². The molecule has 0 radical (unpaired) electrons. The second kappa shape index (κ2) is 11.3. The average Bonchev–Trinajstić information content (AvgIpc) is 3.51. The number of rotatable bonds is 7. The number of hydrogen-bond donors (Lipinski definition) is 1. The zero-order chi connectivity index (χ0) is 29.3. The van der Waals surface area contributed by atoms with Crippen LogP contribution < -0.4 is 10.1 Å². The van der Waals surface area contributed by atoms with E-state index < -0.39 is 24.9 Å². The largest absolute Gasteiger partial charge is 0.434 e. The number of nitrogens with zero attached hydrogens (tertiary/aromatic N) is 5. The van der Waals surface area contributed by atoms with Gasteiger partial charge >= 0.3 is 6.61 Å². The van der Waals surface area contributed by atoms with Gasteiger partial charge in [0, 0.05) is 34.8 Å². The highest BCUT2D eigenvalue weighted by Gasteiger charge is 2.29. The highest BCUT2D eigenvalue weighted by molar-refractivity contribution is 7.16. The lowest BCUT2D eigenvalue weighted by Gasteiger charge is -2.15. The molecule has 4 heterocycles. The van der Waals surface area contributed by atoms with Gasteiger partial charge in [-0.15, -0.1) is 0 Å². The van der Waals surface area contributed by atoms with E-state index in [-0.39, 0.29) is 57.5 Å². The third-order valence-electron chi connectivity index (χ3n) is 6.12. The minimum absolute atomic E-state index is 0.0214. The summed E-state index contributed by atoms with van der Waals surface area (Å²) >= 11 is 1.15. The molecule has 0 atom stereocenters. The number of alkyl halides is 4. The average molecular weight is 583 g/mol. The number of ether oxygens (including phenoxy) is 1. The van der Waals surface area contributed by atoms with Gasteiger partial charge in [-0.1, -0.05) is 11.3 Å². The van der Waals surface area contributed by atoms with Crippen molar-refractivity contribution in [2.45, 2.75) is 33.1 Å². The van der Waals surface area contributed by atoms with Crippen molar-refractivity contribution in [2.24, 2.45) is 0 Å². The van der Waals surface area contributed by atoms with E-state index >= 15 is 0 Å². The van der Waals surface area contributed by atoms with Crippen LogP contribution in [0.3, 0.4) is 0 Å². The monoisotopic (exact) mass is 582 g/mol. The van der Waals surface area contributed by atoms with Gasteiger partial charge < -0.3 is 9.64 Å². The van der Waals surface area contributed by atoms with E-state index in [1.54, 1.807) is 6.92 Å². The molecular formula is C27H18F4N6O3S. The van der Waals surface area contributed by atoms with Crippen molar-refractivity contribution < 1.29 is 31.9 Å². The molecule has 0 bridgehead atoms. The maximum atomic E-state index is 13.3. The Labute approximate surface area is 234 Å². The predicted molar refractivity (Wildman–Crippen MR) is 139 cm³/mol. The van der Waals surface area contributed by atoms with E-state index in [1.165, 1.54) is 41.4 Å². The van der Waals surface area contributed by atoms with Crippen LogP contribution in [0.4, 0.5) is 22.7 Å². The molecule has 0 saturated heterocycles. The van der Waals surface area contributed by atoms with E-state index in [9.17, 15) is 32.4 Å². The first-order valence-electron chi connectivity index (χ1n) is 11.9. The van der Waals surface area contributed by atoms with Crippen LogP contribution in [0, 0.1) is 18.3 Å². The van der Waals surface area contributed by atoms with E-state index in [4.69, 9.17) is 0 Å². The van der Waals surface area contributed by atoms with Gasteiger partial charge in [-0.3, -0.25) is 24.9 Å². The molecule has 0 unspecified atom stereocenters. The molecule has 3 aromatic heterocycles. The topological polar surface area (TPSA) is 121 Å². The third-order valence-corrected chi connectivity index (χ3v) is 7.12.